The molecule has 3 rings (SSSR count). The molecule has 20 heteroatoms. The summed E-state index contributed by atoms with van der Waals surface area (Å²) in [6, 6.07) is 0.923. The molecule has 5 atom stereocenters. The molecule has 13 N–H and O–H groups in total. The lowest BCUT2D eigenvalue weighted by molar-refractivity contribution is -0.144. The largest absolute Gasteiger partial charge is 0.481 e. The minimum Gasteiger partial charge on any atom is -0.481 e. The van der Waals surface area contributed by atoms with E-state index < -0.39 is 84.6 Å². The zero-order chi connectivity index (χ0) is 38.4. The first kappa shape index (κ1) is 41.1. The first-order valence-corrected chi connectivity index (χ1v) is 17.3. The van der Waals surface area contributed by atoms with Gasteiger partial charge in [0.2, 0.25) is 29.5 Å². The molecule has 1 aromatic carbocycles. The van der Waals surface area contributed by atoms with E-state index in [0.29, 0.717) is 31.4 Å². The first-order chi connectivity index (χ1) is 24.7. The number of likely N-dealkylation sites (tertiary alicyclic amines) is 1. The lowest BCUT2D eigenvalue weighted by Crippen LogP contribution is -2.58. The van der Waals surface area contributed by atoms with Crippen molar-refractivity contribution in [1.82, 2.24) is 36.5 Å². The maximum absolute atomic E-state index is 14.1. The van der Waals surface area contributed by atoms with Crippen molar-refractivity contribution in [2.75, 3.05) is 25.4 Å². The lowest BCUT2D eigenvalue weighted by Gasteiger charge is -2.30. The zero-order valence-corrected chi connectivity index (χ0v) is 29.2. The summed E-state index contributed by atoms with van der Waals surface area (Å²) in [4.78, 5) is 93.6. The number of carbonyl (C=O) groups is 7. The van der Waals surface area contributed by atoms with Crippen molar-refractivity contribution in [3.8, 4) is 0 Å². The van der Waals surface area contributed by atoms with Crippen molar-refractivity contribution in [3.63, 3.8) is 0 Å². The number of carboxylic acids is 2. The van der Waals surface area contributed by atoms with Crippen LogP contribution in [0.2, 0.25) is 0 Å². The second-order valence-electron chi connectivity index (χ2n) is 12.3. The van der Waals surface area contributed by atoms with Crippen LogP contribution in [0.5, 0.6) is 0 Å². The van der Waals surface area contributed by atoms with Gasteiger partial charge in [-0.3, -0.25) is 34.2 Å². The third kappa shape index (κ3) is 12.1. The van der Waals surface area contributed by atoms with E-state index in [4.69, 9.17) is 16.9 Å². The number of H-pyrrole nitrogens is 1. The van der Waals surface area contributed by atoms with Crippen molar-refractivity contribution in [1.29, 1.82) is 5.41 Å². The fraction of sp³-hybridized carbons (Fsp3) is 0.500. The molecule has 0 aliphatic carbocycles. The quantitative estimate of drug-likeness (QED) is 0.0296. The highest BCUT2D eigenvalue weighted by Crippen LogP contribution is 2.23. The standard InChI is InChI=1S/C32H46N10O9S/c33-19(7-3-4-10-36-32(34)35)27(46)38-15-25(43)39-21(13-26(44)45)28(47)40-22(12-17-14-37-20-8-2-1-6-18(17)20)30(49)42-11-5-9-24(42)29(48)41-23(16-52)31(50)51/h1-2,6,8,14,19,21-24,37,52H,3-5,7,9-13,15-16,33H2,(H,38,46)(H,39,43)(H,40,47)(H,41,48)(H,44,45)(H,50,51)(H4,34,35,36)/t19-,21-,22-,23-,24-/m0/s1. The van der Waals surface area contributed by atoms with E-state index in [1.54, 1.807) is 24.4 Å². The number of hydrogen-bond donors (Lipinski definition) is 12. The number of benzene rings is 1. The van der Waals surface area contributed by atoms with Gasteiger partial charge >= 0.3 is 11.9 Å². The topological polar surface area (TPSA) is 315 Å². The van der Waals surface area contributed by atoms with Crippen LogP contribution in [0.1, 0.15) is 44.1 Å². The van der Waals surface area contributed by atoms with E-state index in [0.717, 1.165) is 10.9 Å². The van der Waals surface area contributed by atoms with Gasteiger partial charge in [0.05, 0.1) is 19.0 Å². The van der Waals surface area contributed by atoms with Crippen molar-refractivity contribution in [3.05, 3.63) is 36.0 Å². The molecule has 0 spiro atoms. The number of nitrogens with zero attached hydrogens (tertiary/aromatic N) is 1. The van der Waals surface area contributed by atoms with Crippen LogP contribution in [0, 0.1) is 5.41 Å². The Kier molecular flexibility index (Phi) is 15.7. The molecule has 1 aliphatic heterocycles. The molecule has 0 bridgehead atoms. The van der Waals surface area contributed by atoms with E-state index in [1.807, 2.05) is 6.07 Å². The summed E-state index contributed by atoms with van der Waals surface area (Å²) in [5, 5.41) is 39.0. The normalized spacial score (nSPS) is 16.2. The Balaban J connectivity index is 1.74. The van der Waals surface area contributed by atoms with Crippen LogP contribution in [0.25, 0.3) is 10.9 Å². The number of nitrogens with two attached hydrogens (primary N) is 2. The summed E-state index contributed by atoms with van der Waals surface area (Å²) < 4.78 is 0. The van der Waals surface area contributed by atoms with Gasteiger partial charge in [-0.15, -0.1) is 0 Å². The highest BCUT2D eigenvalue weighted by atomic mass is 32.1. The van der Waals surface area contributed by atoms with Gasteiger partial charge in [-0.25, -0.2) is 4.79 Å². The molecule has 284 valence electrons. The van der Waals surface area contributed by atoms with Gasteiger partial charge in [-0.05, 0) is 43.7 Å². The molecule has 1 aliphatic rings. The molecular formula is C32H46N10O9S. The molecule has 2 aromatic rings. The third-order valence-corrected chi connectivity index (χ3v) is 8.76. The highest BCUT2D eigenvalue weighted by molar-refractivity contribution is 7.80. The summed E-state index contributed by atoms with van der Waals surface area (Å²) in [7, 11) is 0. The molecule has 0 radical (unpaired) electrons. The van der Waals surface area contributed by atoms with Crippen LogP contribution >= 0.6 is 12.6 Å². The summed E-state index contributed by atoms with van der Waals surface area (Å²) in [6.07, 6.45) is 2.75. The number of carboxylic acid groups (broad SMARTS) is 2. The van der Waals surface area contributed by atoms with Crippen molar-refractivity contribution in [2.45, 2.75) is 75.2 Å². The average molecular weight is 747 g/mol. The number of carbonyl (C=O) groups excluding carboxylic acids is 5. The van der Waals surface area contributed by atoms with Crippen molar-refractivity contribution < 1.29 is 43.8 Å². The summed E-state index contributed by atoms with van der Waals surface area (Å²) in [6.45, 7) is -0.0686. The monoisotopic (exact) mass is 746 g/mol. The number of para-hydroxylation sites is 1. The third-order valence-electron chi connectivity index (χ3n) is 8.40. The van der Waals surface area contributed by atoms with Gasteiger partial charge in [0.15, 0.2) is 5.96 Å². The molecule has 2 heterocycles. The van der Waals surface area contributed by atoms with E-state index in [-0.39, 0.29) is 37.5 Å². The number of thiol groups is 1. The Labute approximate surface area is 304 Å². The SMILES string of the molecule is N=C(N)NCCCC[C@H](N)C(=O)NCC(=O)N[C@@H](CC(=O)O)C(=O)N[C@@H](Cc1c[nH]c2ccccc12)C(=O)N1CCC[C@H]1C(=O)N[C@@H](CS)C(=O)O. The molecule has 1 aromatic heterocycles. The second kappa shape index (κ2) is 19.9. The Morgan fingerprint density at radius 3 is 2.38 bits per heavy atom. The van der Waals surface area contributed by atoms with Gasteiger partial charge in [0.1, 0.15) is 24.2 Å². The fourth-order valence-corrected chi connectivity index (χ4v) is 5.97. The van der Waals surface area contributed by atoms with Crippen LogP contribution in [0.3, 0.4) is 0 Å². The molecule has 0 unspecified atom stereocenters. The number of hydrogen-bond acceptors (Lipinski definition) is 10. The minimum absolute atomic E-state index is 0.0830. The maximum atomic E-state index is 14.1. The van der Waals surface area contributed by atoms with Crippen molar-refractivity contribution >= 4 is 71.0 Å². The maximum Gasteiger partial charge on any atom is 0.327 e. The Bertz CT molecular complexity index is 1640. The minimum atomic E-state index is -1.66. The summed E-state index contributed by atoms with van der Waals surface area (Å²) in [5.41, 5.74) is 12.5. The summed E-state index contributed by atoms with van der Waals surface area (Å²) in [5.74, 6) is -7.01. The number of aromatic nitrogens is 1. The molecular weight excluding hydrogens is 700 g/mol. The van der Waals surface area contributed by atoms with Gasteiger partial charge < -0.3 is 58.1 Å². The number of unbranched alkanes of at least 4 members (excludes halogenated alkanes) is 1. The Hall–Kier alpha value is -5.37. The van der Waals surface area contributed by atoms with Gasteiger partial charge in [-0.1, -0.05) is 18.2 Å². The molecule has 1 fully saturated rings. The van der Waals surface area contributed by atoms with Gasteiger partial charge in [0, 0.05) is 42.4 Å². The number of amides is 5. The van der Waals surface area contributed by atoms with Crippen LogP contribution in [0.15, 0.2) is 30.5 Å². The highest BCUT2D eigenvalue weighted by Gasteiger charge is 2.40. The number of nitrogens with one attached hydrogen (secondary N) is 7. The molecule has 52 heavy (non-hydrogen) atoms. The van der Waals surface area contributed by atoms with E-state index in [9.17, 15) is 43.8 Å². The van der Waals surface area contributed by atoms with E-state index >= 15 is 0 Å². The molecule has 0 saturated carbocycles. The smallest absolute Gasteiger partial charge is 0.327 e. The van der Waals surface area contributed by atoms with Gasteiger partial charge in [0.25, 0.3) is 0 Å². The Morgan fingerprint density at radius 1 is 0.981 bits per heavy atom. The number of guanidine groups is 1. The van der Waals surface area contributed by atoms with Crippen LogP contribution in [-0.2, 0) is 40.0 Å². The number of rotatable bonds is 20. The number of aromatic amines is 1. The molecule has 1 saturated heterocycles. The predicted octanol–water partition coefficient (Wildman–Crippen LogP) is -2.26. The van der Waals surface area contributed by atoms with E-state index in [1.165, 1.54) is 4.90 Å². The predicted molar refractivity (Wildman–Crippen MR) is 191 cm³/mol. The van der Waals surface area contributed by atoms with Crippen LogP contribution in [0.4, 0.5) is 0 Å². The first-order valence-electron chi connectivity index (χ1n) is 16.6. The van der Waals surface area contributed by atoms with Gasteiger partial charge in [-0.2, -0.15) is 12.6 Å². The number of aliphatic carboxylic acids is 2. The fourth-order valence-electron chi connectivity index (χ4n) is 5.72. The Morgan fingerprint density at radius 2 is 1.71 bits per heavy atom. The molecule has 5 amide bonds. The zero-order valence-electron chi connectivity index (χ0n) is 28.4. The van der Waals surface area contributed by atoms with Crippen LogP contribution in [-0.4, -0.2) is 123 Å². The average Bonchev–Trinajstić information content (AvgIpc) is 3.75. The van der Waals surface area contributed by atoms with E-state index in [2.05, 4.69) is 44.2 Å². The second-order valence-corrected chi connectivity index (χ2v) is 12.6. The lowest BCUT2D eigenvalue weighted by atomic mass is 10.0. The summed E-state index contributed by atoms with van der Waals surface area (Å²) >= 11 is 3.97. The molecule has 19 nitrogen and oxygen atoms in total. The number of fused-ring (bicyclic) bond motifs is 1. The van der Waals surface area contributed by atoms with Crippen molar-refractivity contribution in [2.24, 2.45) is 11.5 Å². The van der Waals surface area contributed by atoms with Crippen LogP contribution < -0.4 is 38.1 Å².